The van der Waals surface area contributed by atoms with E-state index >= 15 is 0 Å². The van der Waals surface area contributed by atoms with Crippen molar-refractivity contribution in [1.29, 1.82) is 0 Å². The fourth-order valence-electron chi connectivity index (χ4n) is 1.50. The zero-order valence-electron chi connectivity index (χ0n) is 10.7. The van der Waals surface area contributed by atoms with Gasteiger partial charge in [-0.2, -0.15) is 0 Å². The Balaban J connectivity index is 2.37. The summed E-state index contributed by atoms with van der Waals surface area (Å²) in [7, 11) is 1.36. The van der Waals surface area contributed by atoms with Gasteiger partial charge in [0.05, 0.1) is 18.1 Å². The van der Waals surface area contributed by atoms with Gasteiger partial charge in [0.2, 0.25) is 5.88 Å². The van der Waals surface area contributed by atoms with Crippen LogP contribution in [0.1, 0.15) is 5.56 Å². The van der Waals surface area contributed by atoms with Crippen molar-refractivity contribution in [2.75, 3.05) is 7.11 Å². The molecule has 1 aromatic heterocycles. The molecule has 0 unspecified atom stereocenters. The molecule has 0 amide bonds. The lowest BCUT2D eigenvalue weighted by Crippen LogP contribution is -1.96. The number of ether oxygens (including phenoxy) is 2. The summed E-state index contributed by atoms with van der Waals surface area (Å²) in [6, 6.07) is 4.25. The van der Waals surface area contributed by atoms with Gasteiger partial charge in [0.15, 0.2) is 5.75 Å². The van der Waals surface area contributed by atoms with E-state index < -0.39 is 4.92 Å². The number of aromatic nitrogens is 2. The minimum absolute atomic E-state index is 0.153. The van der Waals surface area contributed by atoms with Crippen molar-refractivity contribution in [2.24, 2.45) is 0 Å². The van der Waals surface area contributed by atoms with E-state index in [4.69, 9.17) is 21.1 Å². The molecule has 0 saturated carbocycles. The summed E-state index contributed by atoms with van der Waals surface area (Å²) in [4.78, 5) is 18.1. The van der Waals surface area contributed by atoms with Crippen LogP contribution >= 0.6 is 11.6 Å². The van der Waals surface area contributed by atoms with Crippen LogP contribution in [0.4, 0.5) is 5.69 Å². The highest BCUT2D eigenvalue weighted by Crippen LogP contribution is 2.33. The van der Waals surface area contributed by atoms with Gasteiger partial charge < -0.3 is 9.47 Å². The Hall–Kier alpha value is -2.41. The molecule has 0 bridgehead atoms. The van der Waals surface area contributed by atoms with E-state index in [2.05, 4.69) is 9.97 Å². The molecule has 7 nitrogen and oxygen atoms in total. The van der Waals surface area contributed by atoms with Crippen molar-refractivity contribution < 1.29 is 14.4 Å². The zero-order valence-corrected chi connectivity index (χ0v) is 11.4. The third-order valence-electron chi connectivity index (χ3n) is 2.54. The molecule has 2 rings (SSSR count). The van der Waals surface area contributed by atoms with Crippen LogP contribution < -0.4 is 9.47 Å². The van der Waals surface area contributed by atoms with Crippen LogP contribution in [0.25, 0.3) is 0 Å². The van der Waals surface area contributed by atoms with Crippen LogP contribution in [0, 0.1) is 17.0 Å². The van der Waals surface area contributed by atoms with Gasteiger partial charge in [0, 0.05) is 5.56 Å². The number of hydrogen-bond acceptors (Lipinski definition) is 6. The van der Waals surface area contributed by atoms with Crippen LogP contribution in [0.15, 0.2) is 24.5 Å². The molecule has 104 valence electrons. The Morgan fingerprint density at radius 2 is 2.10 bits per heavy atom. The first kappa shape index (κ1) is 14.0. The topological polar surface area (TPSA) is 87.4 Å². The van der Waals surface area contributed by atoms with Crippen molar-refractivity contribution >= 4 is 17.3 Å². The highest BCUT2D eigenvalue weighted by Gasteiger charge is 2.17. The normalized spacial score (nSPS) is 10.2. The molecular weight excluding hydrogens is 286 g/mol. The number of nitro benzene ring substituents is 1. The SMILES string of the molecule is COc1ccc(Oc2ncnc(Cl)c2C)cc1[N+](=O)[O-]. The first-order valence-corrected chi connectivity index (χ1v) is 5.88. The number of nitrogens with zero attached hydrogens (tertiary/aromatic N) is 3. The van der Waals surface area contributed by atoms with E-state index in [1.807, 2.05) is 0 Å². The van der Waals surface area contributed by atoms with Crippen LogP contribution in [0.2, 0.25) is 5.15 Å². The van der Waals surface area contributed by atoms with Gasteiger partial charge in [-0.1, -0.05) is 11.6 Å². The first-order valence-electron chi connectivity index (χ1n) is 5.50. The third-order valence-corrected chi connectivity index (χ3v) is 2.92. The molecule has 1 heterocycles. The Labute approximate surface area is 119 Å². The second-order valence-corrected chi connectivity index (χ2v) is 4.15. The average Bonchev–Trinajstić information content (AvgIpc) is 2.43. The number of rotatable bonds is 4. The molecule has 0 radical (unpaired) electrons. The Kier molecular flexibility index (Phi) is 3.99. The number of halogens is 1. The monoisotopic (exact) mass is 295 g/mol. The van der Waals surface area contributed by atoms with Gasteiger partial charge in [-0.3, -0.25) is 10.1 Å². The molecule has 2 aromatic rings. The second kappa shape index (κ2) is 5.70. The van der Waals surface area contributed by atoms with E-state index in [0.29, 0.717) is 5.56 Å². The fraction of sp³-hybridized carbons (Fsp3) is 0.167. The summed E-state index contributed by atoms with van der Waals surface area (Å²) in [6.45, 7) is 1.69. The number of hydrogen-bond donors (Lipinski definition) is 0. The van der Waals surface area contributed by atoms with Crippen molar-refractivity contribution in [3.8, 4) is 17.4 Å². The molecule has 0 N–H and O–H groups in total. The average molecular weight is 296 g/mol. The lowest BCUT2D eigenvalue weighted by molar-refractivity contribution is -0.385. The highest BCUT2D eigenvalue weighted by molar-refractivity contribution is 6.30. The van der Waals surface area contributed by atoms with Gasteiger partial charge in [-0.15, -0.1) is 0 Å². The van der Waals surface area contributed by atoms with Crippen molar-refractivity contribution in [1.82, 2.24) is 9.97 Å². The molecule has 0 saturated heterocycles. The summed E-state index contributed by atoms with van der Waals surface area (Å²) in [5, 5.41) is 11.2. The lowest BCUT2D eigenvalue weighted by atomic mass is 10.3. The maximum atomic E-state index is 10.9. The van der Waals surface area contributed by atoms with E-state index in [1.165, 1.54) is 25.6 Å². The summed E-state index contributed by atoms with van der Waals surface area (Å²) in [5.74, 6) is 0.652. The molecule has 0 fully saturated rings. The molecule has 0 atom stereocenters. The molecule has 0 aliphatic rings. The Morgan fingerprint density at radius 3 is 2.75 bits per heavy atom. The van der Waals surface area contributed by atoms with Crippen LogP contribution in [0.3, 0.4) is 0 Å². The van der Waals surface area contributed by atoms with Crippen LogP contribution in [0.5, 0.6) is 17.4 Å². The van der Waals surface area contributed by atoms with E-state index in [9.17, 15) is 10.1 Å². The van der Waals surface area contributed by atoms with Crippen molar-refractivity contribution in [3.05, 3.63) is 45.4 Å². The molecule has 0 aliphatic carbocycles. The molecule has 1 aromatic carbocycles. The largest absolute Gasteiger partial charge is 0.490 e. The smallest absolute Gasteiger partial charge is 0.314 e. The summed E-state index contributed by atoms with van der Waals surface area (Å²) in [5.41, 5.74) is 0.357. The number of nitro groups is 1. The summed E-state index contributed by atoms with van der Waals surface area (Å²) in [6.07, 6.45) is 1.25. The van der Waals surface area contributed by atoms with Crippen LogP contribution in [-0.2, 0) is 0 Å². The standard InChI is InChI=1S/C12H10ClN3O4/c1-7-11(13)14-6-15-12(7)20-8-3-4-10(19-2)9(5-8)16(17)18/h3-6H,1-2H3. The Morgan fingerprint density at radius 1 is 1.35 bits per heavy atom. The minimum atomic E-state index is -0.550. The summed E-state index contributed by atoms with van der Waals surface area (Å²) >= 11 is 5.85. The predicted octanol–water partition coefficient (Wildman–Crippen LogP) is 3.15. The van der Waals surface area contributed by atoms with E-state index in [1.54, 1.807) is 13.0 Å². The second-order valence-electron chi connectivity index (χ2n) is 3.79. The molecular formula is C12H10ClN3O4. The van der Waals surface area contributed by atoms with E-state index in [0.717, 1.165) is 0 Å². The van der Waals surface area contributed by atoms with Gasteiger partial charge in [0.25, 0.3) is 0 Å². The fourth-order valence-corrected chi connectivity index (χ4v) is 1.63. The highest BCUT2D eigenvalue weighted by atomic mass is 35.5. The molecule has 0 aliphatic heterocycles. The summed E-state index contributed by atoms with van der Waals surface area (Å²) < 4.78 is 10.4. The molecule has 8 heteroatoms. The van der Waals surface area contributed by atoms with Crippen molar-refractivity contribution in [2.45, 2.75) is 6.92 Å². The van der Waals surface area contributed by atoms with Gasteiger partial charge in [-0.25, -0.2) is 9.97 Å². The van der Waals surface area contributed by atoms with Crippen molar-refractivity contribution in [3.63, 3.8) is 0 Å². The maximum absolute atomic E-state index is 10.9. The van der Waals surface area contributed by atoms with Gasteiger partial charge in [-0.05, 0) is 19.1 Å². The van der Waals surface area contributed by atoms with E-state index in [-0.39, 0.29) is 28.2 Å². The number of benzene rings is 1. The quantitative estimate of drug-likeness (QED) is 0.489. The maximum Gasteiger partial charge on any atom is 0.314 e. The lowest BCUT2D eigenvalue weighted by Gasteiger charge is -2.08. The molecule has 20 heavy (non-hydrogen) atoms. The predicted molar refractivity (Wildman–Crippen MR) is 71.5 cm³/mol. The Bertz CT molecular complexity index is 663. The molecule has 0 spiro atoms. The minimum Gasteiger partial charge on any atom is -0.490 e. The van der Waals surface area contributed by atoms with Crippen LogP contribution in [-0.4, -0.2) is 22.0 Å². The van der Waals surface area contributed by atoms with Gasteiger partial charge >= 0.3 is 5.69 Å². The zero-order chi connectivity index (χ0) is 14.7. The third kappa shape index (κ3) is 2.77. The first-order chi connectivity index (χ1) is 9.52. The number of methoxy groups -OCH3 is 1. The van der Waals surface area contributed by atoms with Gasteiger partial charge in [0.1, 0.15) is 17.2 Å².